The van der Waals surface area contributed by atoms with Crippen molar-refractivity contribution in [3.05, 3.63) is 101 Å². The number of nitrogens with one attached hydrogen (secondary N) is 5. The normalized spacial score (nSPS) is 17.0. The van der Waals surface area contributed by atoms with Crippen LogP contribution in [0.1, 0.15) is 70.7 Å². The molecule has 6 aromatic rings. The summed E-state index contributed by atoms with van der Waals surface area (Å²) in [5.74, 6) is 1.71. The highest BCUT2D eigenvalue weighted by molar-refractivity contribution is 6.34. The van der Waals surface area contributed by atoms with E-state index in [1.54, 1.807) is 62.8 Å². The van der Waals surface area contributed by atoms with Gasteiger partial charge in [0.1, 0.15) is 16.6 Å². The van der Waals surface area contributed by atoms with Crippen molar-refractivity contribution >= 4 is 93.0 Å². The number of amides is 1. The summed E-state index contributed by atoms with van der Waals surface area (Å²) >= 11 is 25.0. The highest BCUT2D eigenvalue weighted by Crippen LogP contribution is 2.31. The molecule has 5 N–H and O–H groups in total. The zero-order chi connectivity index (χ0) is 48.8. The third-order valence-electron chi connectivity index (χ3n) is 10.8. The number of alkyl halides is 3. The molecule has 24 heteroatoms. The van der Waals surface area contributed by atoms with Crippen LogP contribution in [-0.2, 0) is 9.53 Å². The second-order valence-corrected chi connectivity index (χ2v) is 18.7. The number of nitrogens with zero attached hydrogens (tertiary/aromatic N) is 7. The molecule has 2 fully saturated rings. The van der Waals surface area contributed by atoms with Crippen molar-refractivity contribution in [2.75, 3.05) is 49.9 Å². The summed E-state index contributed by atoms with van der Waals surface area (Å²) in [4.78, 5) is 71.4. The van der Waals surface area contributed by atoms with E-state index in [-0.39, 0.29) is 29.4 Å². The number of ether oxygens (including phenoxy) is 1. The summed E-state index contributed by atoms with van der Waals surface area (Å²) in [5.41, 5.74) is 2.49. The first-order valence-electron chi connectivity index (χ1n) is 21.1. The molecule has 2 saturated heterocycles. The second-order valence-electron chi connectivity index (χ2n) is 17.0. The Morgan fingerprint density at radius 2 is 1.30 bits per heavy atom. The van der Waals surface area contributed by atoms with Gasteiger partial charge in [0.25, 0.3) is 0 Å². The van der Waals surface area contributed by atoms with Gasteiger partial charge in [-0.15, -0.1) is 0 Å². The smallest absolute Gasteiger partial charge is 0.444 e. The first-order chi connectivity index (χ1) is 31.6. The van der Waals surface area contributed by atoms with E-state index >= 15 is 0 Å². The number of aromatic nitrogens is 8. The van der Waals surface area contributed by atoms with Gasteiger partial charge in [-0.05, 0) is 120 Å². The van der Waals surface area contributed by atoms with E-state index in [1.807, 2.05) is 34.6 Å². The van der Waals surface area contributed by atoms with E-state index in [4.69, 9.17) is 55.9 Å². The van der Waals surface area contributed by atoms with Gasteiger partial charge in [-0.3, -0.25) is 13.9 Å². The molecule has 360 valence electrons. The number of aromatic amines is 2. The van der Waals surface area contributed by atoms with Crippen LogP contribution >= 0.6 is 46.4 Å². The molecule has 4 atom stereocenters. The van der Waals surface area contributed by atoms with E-state index in [0.717, 1.165) is 43.6 Å². The van der Waals surface area contributed by atoms with Gasteiger partial charge in [-0.1, -0.05) is 46.4 Å². The predicted molar refractivity (Wildman–Crippen MR) is 253 cm³/mol. The Labute approximate surface area is 402 Å². The summed E-state index contributed by atoms with van der Waals surface area (Å²) in [5, 5.41) is 12.0. The number of carbonyl (C=O) groups is 2. The topological polar surface area (TPSA) is 210 Å². The molecule has 2 aliphatic rings. The molecule has 6 heterocycles. The molecule has 67 heavy (non-hydrogen) atoms. The molecule has 2 aromatic carbocycles. The number of hydrogen-bond acceptors (Lipinski definition) is 12. The largest absolute Gasteiger partial charge is 0.446 e. The highest BCUT2D eigenvalue weighted by atomic mass is 35.5. The van der Waals surface area contributed by atoms with Crippen LogP contribution in [-0.4, -0.2) is 107 Å². The average Bonchev–Trinajstić information content (AvgIpc) is 4.09. The molecule has 8 rings (SSSR count). The molecular weight excluding hydrogens is 963 g/mol. The number of imidazole rings is 2. The number of fused-ring (bicyclic) bond motifs is 2. The maximum Gasteiger partial charge on any atom is 0.446 e. The van der Waals surface area contributed by atoms with Crippen molar-refractivity contribution in [3.63, 3.8) is 0 Å². The van der Waals surface area contributed by atoms with Crippen molar-refractivity contribution in [2.45, 2.75) is 71.3 Å². The van der Waals surface area contributed by atoms with Crippen LogP contribution in [0.3, 0.4) is 0 Å². The Kier molecular flexibility index (Phi) is 16.5. The first kappa shape index (κ1) is 51.0. The molecule has 0 aliphatic carbocycles. The molecule has 0 spiro atoms. The molecule has 0 bridgehead atoms. The molecule has 2 aliphatic heterocycles. The van der Waals surface area contributed by atoms with Gasteiger partial charge < -0.3 is 35.6 Å². The van der Waals surface area contributed by atoms with Gasteiger partial charge in [-0.2, -0.15) is 23.1 Å². The molecule has 0 radical (unpaired) electrons. The molecule has 0 unspecified atom stereocenters. The molecular formula is C43H49Cl4F3N12O5. The zero-order valence-corrected chi connectivity index (χ0v) is 40.0. The van der Waals surface area contributed by atoms with E-state index in [1.165, 1.54) is 0 Å². The van der Waals surface area contributed by atoms with E-state index < -0.39 is 24.1 Å². The summed E-state index contributed by atoms with van der Waals surface area (Å²) in [6.07, 6.45) is -0.800. The van der Waals surface area contributed by atoms with Crippen molar-refractivity contribution < 1.29 is 27.5 Å². The highest BCUT2D eigenvalue weighted by Gasteiger charge is 2.30. The minimum absolute atomic E-state index is 0.240. The molecule has 4 aromatic heterocycles. The zero-order valence-electron chi connectivity index (χ0n) is 37.0. The van der Waals surface area contributed by atoms with Crippen LogP contribution in [0.5, 0.6) is 0 Å². The van der Waals surface area contributed by atoms with Crippen molar-refractivity contribution in [3.8, 4) is 0 Å². The Morgan fingerprint density at radius 1 is 0.821 bits per heavy atom. The SMILES string of the molecule is C[C@H](c1cc(Cl)ccc1Cl)n1c(=O)[nH]c2cnc(NC[C@@H]3CCN(C(=O)OC(C)(C)C)C3)nc21.C[C@H](c1cc(Cl)ccc1Cl)n1c(=O)[nH]c2cnc(NC[C@@H]3CCNC3)nc21.O=CC(F)(F)F. The lowest BCUT2D eigenvalue weighted by atomic mass is 10.1. The van der Waals surface area contributed by atoms with Crippen LogP contribution in [0, 0.1) is 11.8 Å². The Hall–Kier alpha value is -5.41. The van der Waals surface area contributed by atoms with E-state index in [9.17, 15) is 27.6 Å². The number of hydrogen-bond donors (Lipinski definition) is 5. The Balaban J connectivity index is 0.000000201. The second kappa shape index (κ2) is 21.7. The van der Waals surface area contributed by atoms with Gasteiger partial charge in [0.05, 0.1) is 24.5 Å². The maximum absolute atomic E-state index is 12.7. The maximum atomic E-state index is 12.7. The number of carbonyl (C=O) groups excluding carboxylic acids is 2. The van der Waals surface area contributed by atoms with Gasteiger partial charge >= 0.3 is 23.6 Å². The number of anilines is 2. The minimum atomic E-state index is -4.64. The lowest BCUT2D eigenvalue weighted by molar-refractivity contribution is -0.156. The monoisotopic (exact) mass is 1010 g/mol. The number of benzene rings is 2. The molecule has 1 amide bonds. The number of likely N-dealkylation sites (tertiary alicyclic amines) is 1. The number of halogens is 7. The van der Waals surface area contributed by atoms with Gasteiger partial charge in [0, 0.05) is 46.3 Å². The number of aldehydes is 1. The van der Waals surface area contributed by atoms with Gasteiger partial charge in [-0.25, -0.2) is 24.4 Å². The minimum Gasteiger partial charge on any atom is -0.444 e. The van der Waals surface area contributed by atoms with Gasteiger partial charge in [0.2, 0.25) is 18.2 Å². The summed E-state index contributed by atoms with van der Waals surface area (Å²) in [6.45, 7) is 14.0. The van der Waals surface area contributed by atoms with Crippen LogP contribution in [0.25, 0.3) is 22.3 Å². The first-order valence-corrected chi connectivity index (χ1v) is 22.7. The van der Waals surface area contributed by atoms with Crippen molar-refractivity contribution in [2.24, 2.45) is 11.8 Å². The summed E-state index contributed by atoms with van der Waals surface area (Å²) in [6, 6.07) is 9.65. The molecule has 17 nitrogen and oxygen atoms in total. The van der Waals surface area contributed by atoms with Crippen molar-refractivity contribution in [1.29, 1.82) is 0 Å². The lowest BCUT2D eigenvalue weighted by Crippen LogP contribution is -2.35. The fourth-order valence-electron chi connectivity index (χ4n) is 7.52. The number of rotatable bonds is 10. The van der Waals surface area contributed by atoms with E-state index in [0.29, 0.717) is 79.9 Å². The third kappa shape index (κ3) is 13.4. The van der Waals surface area contributed by atoms with Gasteiger partial charge in [0.15, 0.2) is 11.3 Å². The quantitative estimate of drug-likeness (QED) is 0.0819. The lowest BCUT2D eigenvalue weighted by Gasteiger charge is -2.24. The number of H-pyrrole nitrogens is 2. The summed E-state index contributed by atoms with van der Waals surface area (Å²) < 4.78 is 39.8. The average molecular weight is 1010 g/mol. The fraction of sp³-hybridized carbons (Fsp3) is 0.442. The Morgan fingerprint density at radius 3 is 1.73 bits per heavy atom. The summed E-state index contributed by atoms with van der Waals surface area (Å²) in [7, 11) is 0. The third-order valence-corrected chi connectivity index (χ3v) is 12.0. The van der Waals surface area contributed by atoms with Crippen LogP contribution in [0.15, 0.2) is 58.4 Å². The predicted octanol–water partition coefficient (Wildman–Crippen LogP) is 8.51. The molecule has 0 saturated carbocycles. The van der Waals surface area contributed by atoms with Crippen molar-refractivity contribution in [1.82, 2.24) is 49.3 Å². The fourth-order valence-corrected chi connectivity index (χ4v) is 8.43. The standard InChI is InChI=1S/C23H28Cl2N6O3.C18H20Cl2N6O.C2HF3O/c1-13(16-9-15(24)5-6-17(16)25)31-19-18(28-21(31)32)11-27-20(29-19)26-10-14-7-8-30(12-14)22(33)34-23(2,3)4;1-10(13-6-12(19)2-3-14(13)20)26-16-15(24-18(26)27)9-23-17(25-16)22-8-11-4-5-21-7-11;3-2(4,5)1-6/h5-6,9,11,13-14H,7-8,10,12H2,1-4H3,(H,28,32)(H,26,27,29);2-3,6,9-11,21H,4-5,7-8H2,1H3,(H,24,27)(H,22,23,25);1H/t13-,14+;10-,11-;/m11./s1. The van der Waals surface area contributed by atoms with E-state index in [2.05, 4.69) is 45.9 Å². The van der Waals surface area contributed by atoms with Crippen LogP contribution < -0.4 is 27.3 Å². The Bertz CT molecular complexity index is 2820. The van der Waals surface area contributed by atoms with Crippen LogP contribution in [0.2, 0.25) is 20.1 Å². The van der Waals surface area contributed by atoms with Crippen LogP contribution in [0.4, 0.5) is 29.9 Å².